The van der Waals surface area contributed by atoms with Crippen molar-refractivity contribution in [1.29, 1.82) is 0 Å². The van der Waals surface area contributed by atoms with E-state index >= 15 is 0 Å². The fraction of sp³-hybridized carbons (Fsp3) is 0.214. The van der Waals surface area contributed by atoms with Gasteiger partial charge in [0.1, 0.15) is 0 Å². The summed E-state index contributed by atoms with van der Waals surface area (Å²) in [5, 5.41) is 0. The summed E-state index contributed by atoms with van der Waals surface area (Å²) >= 11 is 0. The monoisotopic (exact) mass is 271 g/mol. The van der Waals surface area contributed by atoms with Crippen molar-refractivity contribution in [3.8, 4) is 0 Å². The molecule has 0 bridgehead atoms. The summed E-state index contributed by atoms with van der Waals surface area (Å²) < 4.78 is 0. The van der Waals surface area contributed by atoms with Gasteiger partial charge >= 0.3 is 0 Å². The van der Waals surface area contributed by atoms with Crippen molar-refractivity contribution < 1.29 is 21.9 Å². The van der Waals surface area contributed by atoms with Gasteiger partial charge in [0.25, 0.3) is 0 Å². The maximum Gasteiger partial charge on any atom is 0.0653 e. The molecule has 3 heteroatoms. The summed E-state index contributed by atoms with van der Waals surface area (Å²) in [7, 11) is 3.98. The average molecular weight is 271 g/mol. The van der Waals surface area contributed by atoms with Crippen LogP contribution in [0.4, 0.5) is 0 Å². The van der Waals surface area contributed by atoms with Crippen LogP contribution in [0, 0.1) is 0 Å². The van der Waals surface area contributed by atoms with Crippen LogP contribution in [-0.4, -0.2) is 25.3 Å². The normalized spacial score (nSPS) is 9.12. The molecular formula is C14H17FeNO-6. The third-order valence-corrected chi connectivity index (χ3v) is 2.11. The van der Waals surface area contributed by atoms with Crippen LogP contribution in [0.15, 0.2) is 48.5 Å². The Hall–Kier alpha value is -1.15. The molecule has 2 rings (SSSR count). The predicted octanol–water partition coefficient (Wildman–Crippen LogP) is 2.68. The van der Waals surface area contributed by atoms with Gasteiger partial charge in [-0.2, -0.15) is 12.1 Å². The predicted molar refractivity (Wildman–Crippen MR) is 66.8 cm³/mol. The van der Waals surface area contributed by atoms with Crippen LogP contribution in [0.2, 0.25) is 0 Å². The van der Waals surface area contributed by atoms with E-state index in [9.17, 15) is 4.79 Å². The second kappa shape index (κ2) is 8.94. The standard InChI is InChI=1S/C9H12NO.C5H5.Fe/c1-10(2)6-8-4-3-5-9(8)7-11;1-2-4-5-3-1;/h3-5,7H,6H2,1-2H3;1-5H;/q-1;-5;. The first kappa shape index (κ1) is 15.8. The van der Waals surface area contributed by atoms with E-state index < -0.39 is 0 Å². The molecule has 0 unspecified atom stereocenters. The molecule has 0 saturated heterocycles. The van der Waals surface area contributed by atoms with Gasteiger partial charge in [-0.3, -0.25) is 0 Å². The molecule has 2 aromatic rings. The fourth-order valence-electron chi connectivity index (χ4n) is 1.39. The second-order valence-electron chi connectivity index (χ2n) is 3.82. The Labute approximate surface area is 113 Å². The van der Waals surface area contributed by atoms with Crippen LogP contribution in [-0.2, 0) is 23.6 Å². The molecule has 0 spiro atoms. The molecule has 0 aliphatic heterocycles. The fourth-order valence-corrected chi connectivity index (χ4v) is 1.39. The molecule has 98 valence electrons. The molecule has 0 N–H and O–H groups in total. The minimum atomic E-state index is 0. The summed E-state index contributed by atoms with van der Waals surface area (Å²) in [5.41, 5.74) is 1.91. The maximum absolute atomic E-state index is 10.5. The largest absolute Gasteiger partial charge is 0.748 e. The minimum Gasteiger partial charge on any atom is -0.748 e. The zero-order chi connectivity index (χ0) is 11.8. The molecule has 0 fully saturated rings. The van der Waals surface area contributed by atoms with Crippen molar-refractivity contribution in [3.05, 3.63) is 59.7 Å². The van der Waals surface area contributed by atoms with E-state index in [2.05, 4.69) is 0 Å². The van der Waals surface area contributed by atoms with E-state index in [-0.39, 0.29) is 17.1 Å². The summed E-state index contributed by atoms with van der Waals surface area (Å²) in [6.45, 7) is 0.834. The molecule has 0 amide bonds. The molecule has 0 heterocycles. The van der Waals surface area contributed by atoms with Crippen molar-refractivity contribution in [2.75, 3.05) is 14.1 Å². The number of carbonyl (C=O) groups is 1. The van der Waals surface area contributed by atoms with Crippen molar-refractivity contribution in [2.24, 2.45) is 0 Å². The third kappa shape index (κ3) is 6.22. The van der Waals surface area contributed by atoms with Crippen LogP contribution in [0.5, 0.6) is 0 Å². The first-order valence-corrected chi connectivity index (χ1v) is 5.25. The summed E-state index contributed by atoms with van der Waals surface area (Å²) in [5.74, 6) is 0. The van der Waals surface area contributed by atoms with Crippen LogP contribution in [0.1, 0.15) is 15.9 Å². The molecule has 17 heavy (non-hydrogen) atoms. The van der Waals surface area contributed by atoms with Gasteiger partial charge in [0, 0.05) is 17.1 Å². The smallest absolute Gasteiger partial charge is 0.0653 e. The molecular weight excluding hydrogens is 254 g/mol. The molecule has 0 aliphatic rings. The summed E-state index contributed by atoms with van der Waals surface area (Å²) in [6.07, 6.45) is 0.902. The molecule has 0 aromatic heterocycles. The van der Waals surface area contributed by atoms with Gasteiger partial charge in [0.2, 0.25) is 0 Å². The van der Waals surface area contributed by atoms with E-state index in [1.807, 2.05) is 67.5 Å². The molecule has 2 aromatic carbocycles. The number of rotatable bonds is 3. The SMILES string of the molecule is CN(C)C[c-]1cccc1C=O.[Fe].[cH-]1[cH-][cH-][cH-][cH-]1. The maximum atomic E-state index is 10.5. The van der Waals surface area contributed by atoms with Gasteiger partial charge in [-0.05, 0) is 20.6 Å². The van der Waals surface area contributed by atoms with Gasteiger partial charge in [-0.1, -0.05) is 0 Å². The van der Waals surface area contributed by atoms with Gasteiger partial charge in [-0.15, -0.1) is 17.2 Å². The Morgan fingerprint density at radius 1 is 1.24 bits per heavy atom. The zero-order valence-electron chi connectivity index (χ0n) is 10.1. The number of nitrogens with zero attached hydrogens (tertiary/aromatic N) is 1. The van der Waals surface area contributed by atoms with Crippen LogP contribution in [0.25, 0.3) is 0 Å². The van der Waals surface area contributed by atoms with Gasteiger partial charge in [-0.25, -0.2) is 0 Å². The Kier molecular flexibility index (Phi) is 8.33. The number of hydrogen-bond acceptors (Lipinski definition) is 2. The number of hydrogen-bond donors (Lipinski definition) is 0. The first-order valence-electron chi connectivity index (χ1n) is 5.25. The molecule has 0 radical (unpaired) electrons. The molecule has 0 aliphatic carbocycles. The molecule has 2 nitrogen and oxygen atoms in total. The first-order chi connectivity index (χ1) is 7.74. The number of carbonyl (C=O) groups excluding carboxylic acids is 1. The summed E-state index contributed by atoms with van der Waals surface area (Å²) in [4.78, 5) is 12.5. The van der Waals surface area contributed by atoms with E-state index in [0.717, 1.165) is 24.0 Å². The Morgan fingerprint density at radius 3 is 2.18 bits per heavy atom. The van der Waals surface area contributed by atoms with Crippen molar-refractivity contribution in [2.45, 2.75) is 6.54 Å². The van der Waals surface area contributed by atoms with Crippen molar-refractivity contribution in [1.82, 2.24) is 4.90 Å². The Balaban J connectivity index is 0.000000360. The van der Waals surface area contributed by atoms with Gasteiger partial charge in [0.05, 0.1) is 6.29 Å². The van der Waals surface area contributed by atoms with Crippen LogP contribution >= 0.6 is 0 Å². The second-order valence-corrected chi connectivity index (χ2v) is 3.82. The number of aldehydes is 1. The summed E-state index contributed by atoms with van der Waals surface area (Å²) in [6, 6.07) is 15.7. The van der Waals surface area contributed by atoms with Gasteiger partial charge < -0.3 is 40.0 Å². The third-order valence-electron chi connectivity index (χ3n) is 2.11. The molecule has 0 saturated carbocycles. The van der Waals surface area contributed by atoms with E-state index in [1.54, 1.807) is 0 Å². The van der Waals surface area contributed by atoms with E-state index in [4.69, 9.17) is 0 Å². The van der Waals surface area contributed by atoms with Gasteiger partial charge in [0.15, 0.2) is 0 Å². The molecule has 0 atom stereocenters. The Morgan fingerprint density at radius 2 is 1.76 bits per heavy atom. The average Bonchev–Trinajstić information content (AvgIpc) is 2.89. The zero-order valence-corrected chi connectivity index (χ0v) is 11.2. The van der Waals surface area contributed by atoms with Crippen LogP contribution in [0.3, 0.4) is 0 Å². The topological polar surface area (TPSA) is 20.3 Å². The van der Waals surface area contributed by atoms with Crippen molar-refractivity contribution >= 4 is 6.29 Å². The van der Waals surface area contributed by atoms with Crippen LogP contribution < -0.4 is 0 Å². The minimum absolute atomic E-state index is 0. The van der Waals surface area contributed by atoms with E-state index in [1.165, 1.54) is 0 Å². The Bertz CT molecular complexity index is 373. The quantitative estimate of drug-likeness (QED) is 0.486. The van der Waals surface area contributed by atoms with E-state index in [0.29, 0.717) is 0 Å². The van der Waals surface area contributed by atoms with Crippen molar-refractivity contribution in [3.63, 3.8) is 0 Å².